The summed E-state index contributed by atoms with van der Waals surface area (Å²) >= 11 is 0. The van der Waals surface area contributed by atoms with E-state index in [1.165, 1.54) is 103 Å². The predicted octanol–water partition coefficient (Wildman–Crippen LogP) is 22.4. The summed E-state index contributed by atoms with van der Waals surface area (Å²) in [7, 11) is -9.95. The number of aliphatic hydroxyl groups excluding tert-OH is 1. The van der Waals surface area contributed by atoms with Crippen LogP contribution in [-0.2, 0) is 65.4 Å². The fraction of sp³-hybridized carbons (Fsp3) is 0.797. The molecule has 570 valence electrons. The molecule has 19 heteroatoms. The van der Waals surface area contributed by atoms with E-state index in [0.29, 0.717) is 25.7 Å². The van der Waals surface area contributed by atoms with E-state index in [1.54, 1.807) is 0 Å². The number of unbranched alkanes of at least 4 members (excludes halogenated alkanes) is 36. The van der Waals surface area contributed by atoms with E-state index < -0.39 is 97.5 Å². The van der Waals surface area contributed by atoms with Gasteiger partial charge in [0.1, 0.15) is 19.3 Å². The van der Waals surface area contributed by atoms with E-state index in [-0.39, 0.29) is 25.7 Å². The Labute approximate surface area is 596 Å². The molecule has 0 aliphatic rings. The topological polar surface area (TPSA) is 237 Å². The van der Waals surface area contributed by atoms with Gasteiger partial charge in [0, 0.05) is 25.7 Å². The van der Waals surface area contributed by atoms with Crippen molar-refractivity contribution in [2.24, 2.45) is 0 Å². The minimum atomic E-state index is -4.98. The molecule has 3 N–H and O–H groups in total. The summed E-state index contributed by atoms with van der Waals surface area (Å²) in [6, 6.07) is 0. The highest BCUT2D eigenvalue weighted by Crippen LogP contribution is 2.45. The van der Waals surface area contributed by atoms with Gasteiger partial charge in [-0.3, -0.25) is 37.3 Å². The van der Waals surface area contributed by atoms with Crippen molar-refractivity contribution in [3.63, 3.8) is 0 Å². The van der Waals surface area contributed by atoms with Crippen molar-refractivity contribution in [3.8, 4) is 0 Å². The van der Waals surface area contributed by atoms with Gasteiger partial charge in [0.25, 0.3) is 0 Å². The molecule has 0 saturated heterocycles. The maximum Gasteiger partial charge on any atom is 0.472 e. The highest BCUT2D eigenvalue weighted by Gasteiger charge is 2.30. The van der Waals surface area contributed by atoms with Crippen LogP contribution < -0.4 is 0 Å². The van der Waals surface area contributed by atoms with E-state index >= 15 is 0 Å². The van der Waals surface area contributed by atoms with Gasteiger partial charge in [-0.2, -0.15) is 0 Å². The van der Waals surface area contributed by atoms with Crippen molar-refractivity contribution < 1.29 is 80.2 Å². The zero-order chi connectivity index (χ0) is 71.8. The highest BCUT2D eigenvalue weighted by atomic mass is 31.2. The van der Waals surface area contributed by atoms with Gasteiger partial charge in [0.2, 0.25) is 0 Å². The van der Waals surface area contributed by atoms with Gasteiger partial charge in [0.05, 0.1) is 26.4 Å². The lowest BCUT2D eigenvalue weighted by atomic mass is 10.1. The van der Waals surface area contributed by atoms with Gasteiger partial charge in [-0.25, -0.2) is 9.13 Å². The normalized spacial score (nSPS) is 14.3. The lowest BCUT2D eigenvalue weighted by Crippen LogP contribution is -2.30. The molecule has 0 aliphatic heterocycles. The smallest absolute Gasteiger partial charge is 0.462 e. The molecular weight excluding hydrogens is 1280 g/mol. The molecule has 0 aromatic rings. The maximum atomic E-state index is 13.1. The molecule has 0 bridgehead atoms. The van der Waals surface area contributed by atoms with Crippen LogP contribution in [-0.4, -0.2) is 96.7 Å². The first kappa shape index (κ1) is 94.5. The quantitative estimate of drug-likeness (QED) is 0.0169. The van der Waals surface area contributed by atoms with Crippen LogP contribution in [0.3, 0.4) is 0 Å². The number of phosphoric acid groups is 2. The molecule has 98 heavy (non-hydrogen) atoms. The number of rotatable bonds is 74. The van der Waals surface area contributed by atoms with E-state index in [9.17, 15) is 43.2 Å². The molecule has 0 rings (SSSR count). The van der Waals surface area contributed by atoms with Crippen molar-refractivity contribution >= 4 is 39.5 Å². The van der Waals surface area contributed by atoms with Crippen LogP contribution in [0.1, 0.15) is 349 Å². The molecule has 2 unspecified atom stereocenters. The number of hydrogen-bond donors (Lipinski definition) is 3. The van der Waals surface area contributed by atoms with E-state index in [2.05, 4.69) is 101 Å². The Balaban J connectivity index is 5.35. The number of ether oxygens (including phenoxy) is 4. The second-order valence-electron chi connectivity index (χ2n) is 26.3. The van der Waals surface area contributed by atoms with Crippen LogP contribution in [0.25, 0.3) is 0 Å². The first-order valence-corrected chi connectivity index (χ1v) is 42.2. The molecule has 0 fully saturated rings. The summed E-state index contributed by atoms with van der Waals surface area (Å²) in [5.41, 5.74) is 0. The largest absolute Gasteiger partial charge is 0.472 e. The van der Waals surface area contributed by atoms with Gasteiger partial charge in [-0.15, -0.1) is 0 Å². The molecule has 0 radical (unpaired) electrons. The van der Waals surface area contributed by atoms with E-state index in [1.807, 2.05) is 0 Å². The van der Waals surface area contributed by atoms with Crippen LogP contribution >= 0.6 is 15.6 Å². The zero-order valence-electron chi connectivity index (χ0n) is 62.2. The molecule has 0 heterocycles. The minimum Gasteiger partial charge on any atom is -0.462 e. The van der Waals surface area contributed by atoms with Crippen LogP contribution in [0.2, 0.25) is 0 Å². The number of esters is 4. The number of hydrogen-bond acceptors (Lipinski definition) is 15. The van der Waals surface area contributed by atoms with Crippen molar-refractivity contribution in [2.75, 3.05) is 39.6 Å². The monoisotopic (exact) mass is 1420 g/mol. The third-order valence-electron chi connectivity index (χ3n) is 16.6. The summed E-state index contributed by atoms with van der Waals surface area (Å²) < 4.78 is 68.5. The van der Waals surface area contributed by atoms with Crippen LogP contribution in [0.15, 0.2) is 72.9 Å². The first-order chi connectivity index (χ1) is 47.7. The lowest BCUT2D eigenvalue weighted by Gasteiger charge is -2.21. The lowest BCUT2D eigenvalue weighted by molar-refractivity contribution is -0.161. The Morgan fingerprint density at radius 2 is 0.500 bits per heavy atom. The van der Waals surface area contributed by atoms with Crippen molar-refractivity contribution in [1.29, 1.82) is 0 Å². The fourth-order valence-corrected chi connectivity index (χ4v) is 12.1. The molecule has 5 atom stereocenters. The Bertz CT molecular complexity index is 2140. The van der Waals surface area contributed by atoms with Crippen LogP contribution in [0, 0.1) is 0 Å². The average molecular weight is 1430 g/mol. The molecule has 0 aromatic carbocycles. The summed E-state index contributed by atoms with van der Waals surface area (Å²) in [5.74, 6) is -2.20. The average Bonchev–Trinajstić information content (AvgIpc) is 1.04. The van der Waals surface area contributed by atoms with Gasteiger partial charge in [0.15, 0.2) is 12.2 Å². The van der Waals surface area contributed by atoms with E-state index in [0.717, 1.165) is 167 Å². The standard InChI is InChI=1S/C79H142O17P2/c1-5-9-13-17-21-25-29-33-36-40-43-47-51-55-59-63-76(81)89-69-74(95-78(83)65-61-57-53-49-45-39-32-28-24-20-16-12-8-4)71-93-97(85,86)91-67-73(80)68-92-98(87,88)94-72-75(96-79(84)66-62-58-54-50-46-42-38-35-31-27-23-19-15-11-7-3)70-90-77(82)64-60-56-52-48-44-41-37-34-30-26-22-18-14-10-6-2/h22-23,25-29,32,34-35,37-38,73-75,80H,5-21,24,30-31,33,36,39-72H2,1-4H3,(H,85,86)(H,87,88)/b26-22-,27-23-,29-25-,32-28-,37-34-,38-35-/t73-,74+,75+/m0/s1. The Kier molecular flexibility index (Phi) is 69.3. The van der Waals surface area contributed by atoms with Crippen LogP contribution in [0.5, 0.6) is 0 Å². The Morgan fingerprint density at radius 3 is 0.786 bits per heavy atom. The first-order valence-electron chi connectivity index (χ1n) is 39.2. The SMILES string of the molecule is CCCCC/C=C\C/C=C\CCCCCCCC(=O)OC[C@H](COP(=O)(O)OC[C@@H](O)COP(=O)(O)OC[C@@H](COC(=O)CCCCCCCCC/C=C\CCCCCC)OC(=O)CCCCCCC/C=C\CCCCCC)OC(=O)CCCCCCC/C=C\C/C=C\CCCCC. The Hall–Kier alpha value is -3.50. The van der Waals surface area contributed by atoms with Crippen molar-refractivity contribution in [1.82, 2.24) is 0 Å². The molecule has 0 saturated carbocycles. The summed E-state index contributed by atoms with van der Waals surface area (Å²) in [6.45, 7) is 4.79. The number of phosphoric ester groups is 2. The number of carbonyl (C=O) groups excluding carboxylic acids is 4. The summed E-state index contributed by atoms with van der Waals surface area (Å²) in [4.78, 5) is 72.9. The molecule has 0 aromatic heterocycles. The number of carbonyl (C=O) groups is 4. The number of allylic oxidation sites excluding steroid dienone is 12. The molecule has 0 amide bonds. The number of aliphatic hydroxyl groups is 1. The van der Waals surface area contributed by atoms with Gasteiger partial charge < -0.3 is 33.8 Å². The van der Waals surface area contributed by atoms with Crippen LogP contribution in [0.4, 0.5) is 0 Å². The van der Waals surface area contributed by atoms with E-state index in [4.69, 9.17) is 37.0 Å². The van der Waals surface area contributed by atoms with Crippen molar-refractivity contribution in [2.45, 2.75) is 367 Å². The molecule has 0 spiro atoms. The minimum absolute atomic E-state index is 0.0780. The second-order valence-corrected chi connectivity index (χ2v) is 29.2. The third-order valence-corrected chi connectivity index (χ3v) is 18.5. The summed E-state index contributed by atoms with van der Waals surface area (Å²) in [5, 5.41) is 10.6. The zero-order valence-corrected chi connectivity index (χ0v) is 64.0. The predicted molar refractivity (Wildman–Crippen MR) is 400 cm³/mol. The summed E-state index contributed by atoms with van der Waals surface area (Å²) in [6.07, 6.45) is 71.6. The maximum absolute atomic E-state index is 13.1. The Morgan fingerprint density at radius 1 is 0.286 bits per heavy atom. The highest BCUT2D eigenvalue weighted by molar-refractivity contribution is 7.47. The van der Waals surface area contributed by atoms with Gasteiger partial charge >= 0.3 is 39.5 Å². The van der Waals surface area contributed by atoms with Crippen molar-refractivity contribution in [3.05, 3.63) is 72.9 Å². The molecule has 17 nitrogen and oxygen atoms in total. The van der Waals surface area contributed by atoms with Gasteiger partial charge in [-0.1, -0.05) is 255 Å². The molecular formula is C79H142O17P2. The van der Waals surface area contributed by atoms with Gasteiger partial charge in [-0.05, 0) is 141 Å². The second kappa shape index (κ2) is 71.9. The molecule has 0 aliphatic carbocycles. The third kappa shape index (κ3) is 70.9. The fourth-order valence-electron chi connectivity index (χ4n) is 10.6.